The van der Waals surface area contributed by atoms with Crippen LogP contribution in [0.5, 0.6) is 0 Å². The maximum absolute atomic E-state index is 6.27. The normalized spacial score (nSPS) is 14.1. The molecule has 0 aromatic rings. The average Bonchev–Trinajstić information content (AvgIpc) is 2.77. The summed E-state index contributed by atoms with van der Waals surface area (Å²) in [6.07, 6.45) is 19.8. The fourth-order valence-electron chi connectivity index (χ4n) is 4.59. The lowest BCUT2D eigenvalue weighted by atomic mass is 9.86. The Morgan fingerprint density at radius 2 is 0.774 bits per heavy atom. The van der Waals surface area contributed by atoms with Crippen LogP contribution in [0.1, 0.15) is 137 Å². The molecule has 0 aromatic heterocycles. The van der Waals surface area contributed by atoms with E-state index in [1.807, 2.05) is 27.9 Å². The summed E-state index contributed by atoms with van der Waals surface area (Å²) in [5, 5.41) is 0. The number of rotatable bonds is 24. The van der Waals surface area contributed by atoms with Gasteiger partial charge in [0.1, 0.15) is 5.60 Å². The Bertz CT molecular complexity index is 357. The highest BCUT2D eigenvalue weighted by molar-refractivity contribution is 4.91. The molecule has 0 saturated heterocycles. The monoisotopic (exact) mass is 444 g/mol. The Kier molecular flexibility index (Phi) is 20.3. The van der Waals surface area contributed by atoms with Crippen LogP contribution in [0, 0.1) is 0 Å². The quantitative estimate of drug-likeness (QED) is 0.111. The molecule has 0 amide bonds. The molecule has 31 heavy (non-hydrogen) atoms. The minimum absolute atomic E-state index is 0.541. The predicted octanol–water partition coefficient (Wildman–Crippen LogP) is 8.42. The highest BCUT2D eigenvalue weighted by atomic mass is 16.9. The number of hydrogen-bond acceptors (Lipinski definition) is 4. The maximum atomic E-state index is 6.27. The van der Waals surface area contributed by atoms with Crippen LogP contribution in [0.2, 0.25) is 0 Å². The lowest BCUT2D eigenvalue weighted by Crippen LogP contribution is -2.61. The molecule has 1 atom stereocenters. The Hall–Kier alpha value is -0.160. The third kappa shape index (κ3) is 12.0. The number of unbranched alkanes of at least 4 members (excludes halogenated alkanes) is 12. The molecule has 0 saturated carbocycles. The number of ether oxygens (including phenoxy) is 4. The zero-order chi connectivity index (χ0) is 23.3. The average molecular weight is 445 g/mol. The molecule has 0 spiro atoms. The second kappa shape index (κ2) is 20.4. The van der Waals surface area contributed by atoms with Gasteiger partial charge in [-0.25, -0.2) is 0 Å². The summed E-state index contributed by atoms with van der Waals surface area (Å²) in [5.74, 6) is -1.12. The summed E-state index contributed by atoms with van der Waals surface area (Å²) in [5.41, 5.74) is -0.567. The lowest BCUT2D eigenvalue weighted by Gasteiger charge is -2.47. The summed E-state index contributed by atoms with van der Waals surface area (Å²) < 4.78 is 24.9. The molecule has 0 aliphatic rings. The molecule has 0 rings (SSSR count). The van der Waals surface area contributed by atoms with Crippen LogP contribution in [-0.2, 0) is 18.9 Å². The molecule has 188 valence electrons. The first kappa shape index (κ1) is 30.8. The molecule has 4 heteroatoms. The Morgan fingerprint density at radius 1 is 0.452 bits per heavy atom. The summed E-state index contributed by atoms with van der Waals surface area (Å²) >= 11 is 0. The Morgan fingerprint density at radius 3 is 1.06 bits per heavy atom. The first-order chi connectivity index (χ1) is 15.1. The molecule has 0 heterocycles. The van der Waals surface area contributed by atoms with Crippen molar-refractivity contribution in [3.05, 3.63) is 0 Å². The smallest absolute Gasteiger partial charge is 0.313 e. The fraction of sp³-hybridized carbons (Fsp3) is 1.00. The molecule has 0 bridgehead atoms. The summed E-state index contributed by atoms with van der Waals surface area (Å²) in [6.45, 7) is 12.2. The van der Waals surface area contributed by atoms with Gasteiger partial charge >= 0.3 is 5.97 Å². The van der Waals surface area contributed by atoms with E-state index in [9.17, 15) is 0 Å². The second-order valence-electron chi connectivity index (χ2n) is 8.80. The van der Waals surface area contributed by atoms with Crippen molar-refractivity contribution in [2.75, 3.05) is 26.9 Å². The van der Waals surface area contributed by atoms with E-state index in [1.165, 1.54) is 77.0 Å². The summed E-state index contributed by atoms with van der Waals surface area (Å²) in [7, 11) is 1.81. The van der Waals surface area contributed by atoms with E-state index in [0.29, 0.717) is 19.8 Å². The first-order valence-electron chi connectivity index (χ1n) is 13.6. The van der Waals surface area contributed by atoms with Crippen LogP contribution in [0.3, 0.4) is 0 Å². The SMILES string of the molecule is CCCCCCCCCCC(CCCCCCCC)(OC)C(OCC)(OCC)OCC. The van der Waals surface area contributed by atoms with Crippen LogP contribution >= 0.6 is 0 Å². The third-order valence-electron chi connectivity index (χ3n) is 6.32. The van der Waals surface area contributed by atoms with E-state index in [1.54, 1.807) is 0 Å². The zero-order valence-corrected chi connectivity index (χ0v) is 22.1. The molecule has 0 fully saturated rings. The van der Waals surface area contributed by atoms with Gasteiger partial charge in [-0.1, -0.05) is 104 Å². The molecule has 0 aromatic carbocycles. The summed E-state index contributed by atoms with van der Waals surface area (Å²) in [6, 6.07) is 0. The minimum atomic E-state index is -1.12. The van der Waals surface area contributed by atoms with Gasteiger partial charge in [0.2, 0.25) is 0 Å². The van der Waals surface area contributed by atoms with E-state index in [0.717, 1.165) is 25.7 Å². The van der Waals surface area contributed by atoms with Crippen LogP contribution < -0.4 is 0 Å². The van der Waals surface area contributed by atoms with Crippen LogP contribution in [0.15, 0.2) is 0 Å². The maximum Gasteiger partial charge on any atom is 0.313 e. The first-order valence-corrected chi connectivity index (χ1v) is 13.6. The van der Waals surface area contributed by atoms with Crippen molar-refractivity contribution >= 4 is 0 Å². The van der Waals surface area contributed by atoms with Crippen molar-refractivity contribution in [2.45, 2.75) is 149 Å². The molecular formula is C27H56O4. The topological polar surface area (TPSA) is 36.9 Å². The molecule has 0 N–H and O–H groups in total. The van der Waals surface area contributed by atoms with Crippen molar-refractivity contribution in [2.24, 2.45) is 0 Å². The highest BCUT2D eigenvalue weighted by Crippen LogP contribution is 2.41. The van der Waals surface area contributed by atoms with Gasteiger partial charge in [0.15, 0.2) is 0 Å². The van der Waals surface area contributed by atoms with Crippen molar-refractivity contribution in [1.82, 2.24) is 0 Å². The van der Waals surface area contributed by atoms with Crippen molar-refractivity contribution in [3.63, 3.8) is 0 Å². The van der Waals surface area contributed by atoms with Gasteiger partial charge in [-0.05, 0) is 33.6 Å². The predicted molar refractivity (Wildman–Crippen MR) is 133 cm³/mol. The zero-order valence-electron chi connectivity index (χ0n) is 22.1. The van der Waals surface area contributed by atoms with Crippen LogP contribution in [-0.4, -0.2) is 38.5 Å². The molecule has 4 nitrogen and oxygen atoms in total. The fourth-order valence-corrected chi connectivity index (χ4v) is 4.59. The van der Waals surface area contributed by atoms with E-state index in [2.05, 4.69) is 13.8 Å². The van der Waals surface area contributed by atoms with Gasteiger partial charge in [-0.2, -0.15) is 0 Å². The highest BCUT2D eigenvalue weighted by Gasteiger charge is 2.55. The molecule has 1 unspecified atom stereocenters. The third-order valence-corrected chi connectivity index (χ3v) is 6.32. The van der Waals surface area contributed by atoms with Gasteiger partial charge in [-0.3, -0.25) is 0 Å². The molecule has 0 aliphatic heterocycles. The number of hydrogen-bond donors (Lipinski definition) is 0. The largest absolute Gasteiger partial charge is 0.370 e. The minimum Gasteiger partial charge on any atom is -0.370 e. The van der Waals surface area contributed by atoms with Crippen molar-refractivity contribution < 1.29 is 18.9 Å². The van der Waals surface area contributed by atoms with E-state index in [4.69, 9.17) is 18.9 Å². The van der Waals surface area contributed by atoms with Gasteiger partial charge in [-0.15, -0.1) is 0 Å². The van der Waals surface area contributed by atoms with Crippen LogP contribution in [0.4, 0.5) is 0 Å². The van der Waals surface area contributed by atoms with E-state index >= 15 is 0 Å². The van der Waals surface area contributed by atoms with E-state index < -0.39 is 11.6 Å². The van der Waals surface area contributed by atoms with Crippen LogP contribution in [0.25, 0.3) is 0 Å². The Labute approximate surface area is 195 Å². The van der Waals surface area contributed by atoms with Gasteiger partial charge < -0.3 is 18.9 Å². The second-order valence-corrected chi connectivity index (χ2v) is 8.80. The van der Waals surface area contributed by atoms with E-state index in [-0.39, 0.29) is 0 Å². The molecular weight excluding hydrogens is 388 g/mol. The van der Waals surface area contributed by atoms with Gasteiger partial charge in [0.05, 0.1) is 0 Å². The molecule has 0 aliphatic carbocycles. The van der Waals surface area contributed by atoms with Crippen molar-refractivity contribution in [3.8, 4) is 0 Å². The standard InChI is InChI=1S/C27H56O4/c1-7-12-14-16-18-19-21-23-25-26(28-6,24-22-20-17-15-13-8-2)27(29-9-3,30-10-4)31-11-5/h7-25H2,1-6H3. The molecule has 0 radical (unpaired) electrons. The number of methoxy groups -OCH3 is 1. The van der Waals surface area contributed by atoms with Gasteiger partial charge in [0, 0.05) is 26.9 Å². The Balaban J connectivity index is 5.11. The van der Waals surface area contributed by atoms with Crippen molar-refractivity contribution in [1.29, 1.82) is 0 Å². The van der Waals surface area contributed by atoms with Gasteiger partial charge in [0.25, 0.3) is 0 Å². The lowest BCUT2D eigenvalue weighted by molar-refractivity contribution is -0.444. The summed E-state index contributed by atoms with van der Waals surface area (Å²) in [4.78, 5) is 0.